The highest BCUT2D eigenvalue weighted by atomic mass is 19.1. The molecule has 33 heavy (non-hydrogen) atoms. The number of rotatable bonds is 6. The van der Waals surface area contributed by atoms with E-state index < -0.39 is 0 Å². The third-order valence-electron chi connectivity index (χ3n) is 6.32. The first-order valence-corrected chi connectivity index (χ1v) is 11.5. The maximum Gasteiger partial charge on any atom is 0.322 e. The number of nitrogens with zero attached hydrogens (tertiary/aromatic N) is 3. The quantitative estimate of drug-likeness (QED) is 0.623. The number of hydrogen-bond acceptors (Lipinski definition) is 4. The number of aliphatic imine (C=N–C) groups is 1. The summed E-state index contributed by atoms with van der Waals surface area (Å²) >= 11 is 0. The van der Waals surface area contributed by atoms with Gasteiger partial charge in [-0.25, -0.2) is 14.2 Å². The van der Waals surface area contributed by atoms with E-state index in [1.54, 1.807) is 19.5 Å². The van der Waals surface area contributed by atoms with Gasteiger partial charge in [-0.15, -0.1) is 0 Å². The van der Waals surface area contributed by atoms with Gasteiger partial charge in [0.1, 0.15) is 11.6 Å². The van der Waals surface area contributed by atoms with Crippen molar-refractivity contribution in [1.82, 2.24) is 4.90 Å². The standard InChI is InChI=1S/C26H31FN4O2/c1-19-14-16-30(18-28-19)24-13-11-21(17-25(24)33-2)29-26(32)31-15-6-5-8-22(31)12-10-20-7-3-4-9-23(20)27/h3-4,7,9,11,13-14,17-18,22H,5-6,8,10,12,15-16H2,1-2H3,(H,29,32). The van der Waals surface area contributed by atoms with Gasteiger partial charge in [0, 0.05) is 36.6 Å². The van der Waals surface area contributed by atoms with Crippen molar-refractivity contribution in [2.75, 3.05) is 30.4 Å². The number of ether oxygens (including phenoxy) is 1. The second-order valence-corrected chi connectivity index (χ2v) is 8.53. The molecule has 1 fully saturated rings. The van der Waals surface area contributed by atoms with Gasteiger partial charge in [-0.2, -0.15) is 0 Å². The minimum Gasteiger partial charge on any atom is -0.494 e. The Kier molecular flexibility index (Phi) is 7.27. The summed E-state index contributed by atoms with van der Waals surface area (Å²) in [5.74, 6) is 0.489. The van der Waals surface area contributed by atoms with Crippen LogP contribution in [-0.4, -0.2) is 43.5 Å². The van der Waals surface area contributed by atoms with Gasteiger partial charge in [0.15, 0.2) is 0 Å². The van der Waals surface area contributed by atoms with Crippen molar-refractivity contribution in [2.24, 2.45) is 4.99 Å². The maximum atomic E-state index is 14.0. The summed E-state index contributed by atoms with van der Waals surface area (Å²) in [7, 11) is 1.62. The zero-order valence-corrected chi connectivity index (χ0v) is 19.3. The fraction of sp³-hybridized carbons (Fsp3) is 0.385. The van der Waals surface area contributed by atoms with Crippen LogP contribution in [0.4, 0.5) is 20.6 Å². The van der Waals surface area contributed by atoms with E-state index in [0.29, 0.717) is 30.0 Å². The van der Waals surface area contributed by atoms with Crippen LogP contribution in [0.25, 0.3) is 0 Å². The van der Waals surface area contributed by atoms with E-state index in [1.165, 1.54) is 6.07 Å². The molecule has 1 atom stereocenters. The van der Waals surface area contributed by atoms with Crippen LogP contribution in [0.3, 0.4) is 0 Å². The van der Waals surface area contributed by atoms with Crippen LogP contribution >= 0.6 is 0 Å². The molecule has 0 aromatic heterocycles. The number of carbonyl (C=O) groups excluding carboxylic acids is 1. The van der Waals surface area contributed by atoms with E-state index in [1.807, 2.05) is 53.1 Å². The van der Waals surface area contributed by atoms with E-state index in [4.69, 9.17) is 4.74 Å². The highest BCUT2D eigenvalue weighted by molar-refractivity contribution is 5.91. The summed E-state index contributed by atoms with van der Waals surface area (Å²) in [5.41, 5.74) is 3.26. The average Bonchev–Trinajstić information content (AvgIpc) is 2.84. The van der Waals surface area contributed by atoms with Crippen molar-refractivity contribution in [1.29, 1.82) is 0 Å². The number of piperidine rings is 1. The zero-order chi connectivity index (χ0) is 23.2. The number of urea groups is 1. The van der Waals surface area contributed by atoms with Gasteiger partial charge in [-0.05, 0) is 68.9 Å². The Morgan fingerprint density at radius 3 is 2.85 bits per heavy atom. The minimum atomic E-state index is -0.180. The van der Waals surface area contributed by atoms with Crippen molar-refractivity contribution in [3.05, 3.63) is 65.6 Å². The highest BCUT2D eigenvalue weighted by Gasteiger charge is 2.27. The van der Waals surface area contributed by atoms with Gasteiger partial charge in [0.25, 0.3) is 0 Å². The lowest BCUT2D eigenvalue weighted by Gasteiger charge is -2.36. The predicted molar refractivity (Wildman–Crippen MR) is 131 cm³/mol. The average molecular weight is 451 g/mol. The number of carbonyl (C=O) groups is 1. The van der Waals surface area contributed by atoms with Crippen LogP contribution in [0.1, 0.15) is 38.2 Å². The van der Waals surface area contributed by atoms with Crippen molar-refractivity contribution in [3.63, 3.8) is 0 Å². The van der Waals surface area contributed by atoms with Gasteiger partial charge in [-0.1, -0.05) is 18.2 Å². The van der Waals surface area contributed by atoms with Crippen LogP contribution < -0.4 is 15.0 Å². The molecule has 0 spiro atoms. The molecular weight excluding hydrogens is 419 g/mol. The van der Waals surface area contributed by atoms with Gasteiger partial charge < -0.3 is 19.9 Å². The molecule has 7 heteroatoms. The normalized spacial score (nSPS) is 18.2. The molecule has 2 aliphatic rings. The number of hydrogen-bond donors (Lipinski definition) is 1. The Bertz CT molecular complexity index is 1050. The van der Waals surface area contributed by atoms with Gasteiger partial charge in [0.2, 0.25) is 0 Å². The number of methoxy groups -OCH3 is 1. The zero-order valence-electron chi connectivity index (χ0n) is 19.3. The summed E-state index contributed by atoms with van der Waals surface area (Å²) in [5, 5.41) is 3.03. The van der Waals surface area contributed by atoms with Crippen molar-refractivity contribution >= 4 is 23.7 Å². The molecule has 1 saturated heterocycles. The summed E-state index contributed by atoms with van der Waals surface area (Å²) < 4.78 is 19.6. The van der Waals surface area contributed by atoms with Crippen LogP contribution in [0.2, 0.25) is 0 Å². The largest absolute Gasteiger partial charge is 0.494 e. The molecule has 0 aliphatic carbocycles. The first-order chi connectivity index (χ1) is 16.0. The number of allylic oxidation sites excluding steroid dienone is 1. The molecule has 2 aliphatic heterocycles. The SMILES string of the molecule is COc1cc(NC(=O)N2CCCCC2CCc2ccccc2F)ccc1N1C=NC(C)=CC1. The van der Waals surface area contributed by atoms with E-state index in [9.17, 15) is 9.18 Å². The molecule has 1 N–H and O–H groups in total. The smallest absolute Gasteiger partial charge is 0.322 e. The molecule has 2 heterocycles. The molecule has 6 nitrogen and oxygen atoms in total. The Hall–Kier alpha value is -3.35. The van der Waals surface area contributed by atoms with E-state index in [0.717, 1.165) is 43.6 Å². The molecule has 1 unspecified atom stereocenters. The van der Waals surface area contributed by atoms with Crippen LogP contribution in [0.15, 0.2) is 59.2 Å². The summed E-state index contributed by atoms with van der Waals surface area (Å²) in [6.45, 7) is 3.39. The van der Waals surface area contributed by atoms with E-state index >= 15 is 0 Å². The molecule has 0 radical (unpaired) electrons. The number of benzene rings is 2. The topological polar surface area (TPSA) is 57.2 Å². The second-order valence-electron chi connectivity index (χ2n) is 8.53. The molecule has 0 bridgehead atoms. The fourth-order valence-corrected chi connectivity index (χ4v) is 4.43. The molecule has 2 aromatic carbocycles. The van der Waals surface area contributed by atoms with E-state index in [-0.39, 0.29) is 17.9 Å². The lowest BCUT2D eigenvalue weighted by Crippen LogP contribution is -2.46. The summed E-state index contributed by atoms with van der Waals surface area (Å²) in [6, 6.07) is 12.5. The van der Waals surface area contributed by atoms with Crippen molar-refractivity contribution < 1.29 is 13.9 Å². The number of likely N-dealkylation sites (tertiary alicyclic amines) is 1. The molecule has 4 rings (SSSR count). The Morgan fingerprint density at radius 1 is 1.24 bits per heavy atom. The number of amides is 2. The number of aryl methyl sites for hydroxylation is 1. The van der Waals surface area contributed by atoms with Gasteiger partial charge >= 0.3 is 6.03 Å². The third-order valence-corrected chi connectivity index (χ3v) is 6.32. The summed E-state index contributed by atoms with van der Waals surface area (Å²) in [6.07, 6.45) is 8.21. The molecular formula is C26H31FN4O2. The van der Waals surface area contributed by atoms with Crippen molar-refractivity contribution in [2.45, 2.75) is 45.1 Å². The number of halogens is 1. The van der Waals surface area contributed by atoms with Gasteiger partial charge in [-0.3, -0.25) is 0 Å². The summed E-state index contributed by atoms with van der Waals surface area (Å²) in [4.78, 5) is 21.4. The Morgan fingerprint density at radius 2 is 2.09 bits per heavy atom. The van der Waals surface area contributed by atoms with Crippen LogP contribution in [0.5, 0.6) is 5.75 Å². The van der Waals surface area contributed by atoms with Crippen molar-refractivity contribution in [3.8, 4) is 5.75 Å². The number of nitrogens with one attached hydrogen (secondary N) is 1. The second kappa shape index (κ2) is 10.5. The monoisotopic (exact) mass is 450 g/mol. The minimum absolute atomic E-state index is 0.0964. The highest BCUT2D eigenvalue weighted by Crippen LogP contribution is 2.32. The molecule has 0 saturated carbocycles. The van der Waals surface area contributed by atoms with Crippen LogP contribution in [-0.2, 0) is 6.42 Å². The fourth-order valence-electron chi connectivity index (χ4n) is 4.43. The lowest BCUT2D eigenvalue weighted by atomic mass is 9.96. The molecule has 2 aromatic rings. The van der Waals surface area contributed by atoms with E-state index in [2.05, 4.69) is 10.3 Å². The maximum absolute atomic E-state index is 14.0. The molecule has 2 amide bonds. The van der Waals surface area contributed by atoms with Crippen LogP contribution in [0, 0.1) is 5.82 Å². The first kappa shape index (κ1) is 22.8. The Labute approximate surface area is 194 Å². The predicted octanol–water partition coefficient (Wildman–Crippen LogP) is 5.61. The third kappa shape index (κ3) is 5.53. The number of anilines is 2. The lowest BCUT2D eigenvalue weighted by molar-refractivity contribution is 0.158. The first-order valence-electron chi connectivity index (χ1n) is 11.5. The van der Waals surface area contributed by atoms with Gasteiger partial charge in [0.05, 0.1) is 19.1 Å². The Balaban J connectivity index is 1.42. The molecule has 174 valence electrons.